The van der Waals surface area contributed by atoms with Gasteiger partial charge in [-0.3, -0.25) is 0 Å². The molecule has 1 aromatic heterocycles. The molecule has 20 heavy (non-hydrogen) atoms. The molecule has 2 N–H and O–H groups in total. The van der Waals surface area contributed by atoms with Crippen molar-refractivity contribution in [2.75, 3.05) is 30.8 Å². The van der Waals surface area contributed by atoms with Crippen molar-refractivity contribution in [3.8, 4) is 5.75 Å². The number of hydrogen-bond acceptors (Lipinski definition) is 4. The third kappa shape index (κ3) is 4.16. The smallest absolute Gasteiger partial charge is 0.127 e. The van der Waals surface area contributed by atoms with Gasteiger partial charge in [0.25, 0.3) is 0 Å². The molecule has 0 aliphatic heterocycles. The predicted octanol–water partition coefficient (Wildman–Crippen LogP) is 3.18. The van der Waals surface area contributed by atoms with E-state index in [1.807, 2.05) is 30.5 Å². The molecule has 0 bridgehead atoms. The number of nitrogens with zero attached hydrogens (tertiary/aromatic N) is 1. The number of methoxy groups -OCH3 is 1. The highest BCUT2D eigenvalue weighted by Crippen LogP contribution is 2.13. The minimum atomic E-state index is 0.877. The second-order valence-corrected chi connectivity index (χ2v) is 4.48. The molecule has 0 spiro atoms. The number of nitrogens with one attached hydrogen (secondary N) is 2. The van der Waals surface area contributed by atoms with Crippen LogP contribution in [0.15, 0.2) is 42.6 Å². The number of benzene rings is 1. The zero-order chi connectivity index (χ0) is 14.2. The normalized spacial score (nSPS) is 10.1. The van der Waals surface area contributed by atoms with E-state index >= 15 is 0 Å². The number of ether oxygens (including phenoxy) is 1. The second kappa shape index (κ2) is 7.38. The van der Waals surface area contributed by atoms with Gasteiger partial charge in [-0.15, -0.1) is 0 Å². The molecule has 4 nitrogen and oxygen atoms in total. The Morgan fingerprint density at radius 1 is 1.10 bits per heavy atom. The molecule has 0 aliphatic carbocycles. The molecule has 1 heterocycles. The Hall–Kier alpha value is -2.23. The average molecular weight is 271 g/mol. The Morgan fingerprint density at radius 3 is 2.60 bits per heavy atom. The summed E-state index contributed by atoms with van der Waals surface area (Å²) < 4.78 is 5.15. The summed E-state index contributed by atoms with van der Waals surface area (Å²) in [6.07, 6.45) is 2.79. The maximum atomic E-state index is 5.15. The SMILES string of the molecule is CCNc1cc(NCCc2ccc(OC)cc2)ccn1. The Morgan fingerprint density at radius 2 is 1.90 bits per heavy atom. The van der Waals surface area contributed by atoms with Crippen molar-refractivity contribution in [1.29, 1.82) is 0 Å². The molecule has 0 aliphatic rings. The van der Waals surface area contributed by atoms with Crippen molar-refractivity contribution in [3.63, 3.8) is 0 Å². The van der Waals surface area contributed by atoms with Crippen LogP contribution in [0.2, 0.25) is 0 Å². The fourth-order valence-electron chi connectivity index (χ4n) is 1.96. The van der Waals surface area contributed by atoms with Crippen LogP contribution < -0.4 is 15.4 Å². The monoisotopic (exact) mass is 271 g/mol. The number of pyridine rings is 1. The molecule has 2 aromatic rings. The topological polar surface area (TPSA) is 46.2 Å². The molecule has 0 radical (unpaired) electrons. The zero-order valence-corrected chi connectivity index (χ0v) is 12.0. The lowest BCUT2D eigenvalue weighted by molar-refractivity contribution is 0.414. The van der Waals surface area contributed by atoms with Crippen molar-refractivity contribution < 1.29 is 4.74 Å². The van der Waals surface area contributed by atoms with Crippen molar-refractivity contribution in [2.45, 2.75) is 13.3 Å². The van der Waals surface area contributed by atoms with Crippen molar-refractivity contribution in [3.05, 3.63) is 48.2 Å². The van der Waals surface area contributed by atoms with E-state index < -0.39 is 0 Å². The standard InChI is InChI=1S/C16H21N3O/c1-3-17-16-12-14(9-11-19-16)18-10-8-13-4-6-15(20-2)7-5-13/h4-7,9,11-12H,3,8,10H2,1-2H3,(H2,17,18,19). The number of rotatable bonds is 7. The maximum absolute atomic E-state index is 5.15. The molecule has 0 unspecified atom stereocenters. The van der Waals surface area contributed by atoms with E-state index in [-0.39, 0.29) is 0 Å². The highest BCUT2D eigenvalue weighted by atomic mass is 16.5. The van der Waals surface area contributed by atoms with Gasteiger partial charge in [-0.25, -0.2) is 4.98 Å². The van der Waals surface area contributed by atoms with Gasteiger partial charge in [-0.1, -0.05) is 12.1 Å². The van der Waals surface area contributed by atoms with Gasteiger partial charge >= 0.3 is 0 Å². The quantitative estimate of drug-likeness (QED) is 0.812. The van der Waals surface area contributed by atoms with Crippen LogP contribution >= 0.6 is 0 Å². The second-order valence-electron chi connectivity index (χ2n) is 4.48. The minimum absolute atomic E-state index is 0.877. The molecule has 2 rings (SSSR count). The Kier molecular flexibility index (Phi) is 5.24. The van der Waals surface area contributed by atoms with Crippen LogP contribution in [-0.2, 0) is 6.42 Å². The van der Waals surface area contributed by atoms with Crippen LogP contribution in [0.1, 0.15) is 12.5 Å². The van der Waals surface area contributed by atoms with E-state index in [9.17, 15) is 0 Å². The summed E-state index contributed by atoms with van der Waals surface area (Å²) in [7, 11) is 1.68. The van der Waals surface area contributed by atoms with Crippen LogP contribution in [0, 0.1) is 0 Å². The predicted molar refractivity (Wildman–Crippen MR) is 83.6 cm³/mol. The Bertz CT molecular complexity index is 526. The van der Waals surface area contributed by atoms with E-state index in [1.165, 1.54) is 5.56 Å². The largest absolute Gasteiger partial charge is 0.497 e. The van der Waals surface area contributed by atoms with Crippen molar-refractivity contribution in [2.24, 2.45) is 0 Å². The zero-order valence-electron chi connectivity index (χ0n) is 12.0. The number of hydrogen-bond donors (Lipinski definition) is 2. The maximum Gasteiger partial charge on any atom is 0.127 e. The van der Waals surface area contributed by atoms with Gasteiger partial charge in [-0.2, -0.15) is 0 Å². The first-order valence-electron chi connectivity index (χ1n) is 6.88. The molecule has 0 saturated carbocycles. The molecule has 0 atom stereocenters. The summed E-state index contributed by atoms with van der Waals surface area (Å²) in [5.74, 6) is 1.80. The van der Waals surface area contributed by atoms with Crippen LogP contribution in [0.25, 0.3) is 0 Å². The van der Waals surface area contributed by atoms with Crippen LogP contribution in [0.4, 0.5) is 11.5 Å². The average Bonchev–Trinajstić information content (AvgIpc) is 2.49. The first-order valence-corrected chi connectivity index (χ1v) is 6.88. The van der Waals surface area contributed by atoms with Crippen LogP contribution in [0.5, 0.6) is 5.75 Å². The van der Waals surface area contributed by atoms with Gasteiger partial charge in [0, 0.05) is 31.0 Å². The van der Waals surface area contributed by atoms with E-state index in [1.54, 1.807) is 7.11 Å². The molecular formula is C16H21N3O. The summed E-state index contributed by atoms with van der Waals surface area (Å²) in [6.45, 7) is 3.83. The van der Waals surface area contributed by atoms with Crippen molar-refractivity contribution in [1.82, 2.24) is 4.98 Å². The van der Waals surface area contributed by atoms with Gasteiger partial charge in [0.1, 0.15) is 11.6 Å². The molecule has 0 amide bonds. The number of anilines is 2. The summed E-state index contributed by atoms with van der Waals surface area (Å²) in [4.78, 5) is 4.25. The van der Waals surface area contributed by atoms with Crippen LogP contribution in [0.3, 0.4) is 0 Å². The lowest BCUT2D eigenvalue weighted by Gasteiger charge is -2.09. The van der Waals surface area contributed by atoms with Gasteiger partial charge in [-0.05, 0) is 37.1 Å². The fraction of sp³-hybridized carbons (Fsp3) is 0.312. The van der Waals surface area contributed by atoms with Gasteiger partial charge in [0.2, 0.25) is 0 Å². The molecule has 4 heteroatoms. The lowest BCUT2D eigenvalue weighted by Crippen LogP contribution is -2.06. The summed E-state index contributed by atoms with van der Waals surface area (Å²) in [5, 5.41) is 6.61. The first-order chi connectivity index (χ1) is 9.81. The van der Waals surface area contributed by atoms with E-state index in [4.69, 9.17) is 4.74 Å². The Labute approximate surface area is 120 Å². The Balaban J connectivity index is 1.84. The highest BCUT2D eigenvalue weighted by molar-refractivity contribution is 5.51. The first kappa shape index (κ1) is 14.2. The summed E-state index contributed by atoms with van der Waals surface area (Å²) in [6, 6.07) is 12.2. The molecular weight excluding hydrogens is 250 g/mol. The van der Waals surface area contributed by atoms with E-state index in [2.05, 4.69) is 34.7 Å². The van der Waals surface area contributed by atoms with Crippen molar-refractivity contribution >= 4 is 11.5 Å². The van der Waals surface area contributed by atoms with E-state index in [0.717, 1.165) is 36.8 Å². The summed E-state index contributed by atoms with van der Waals surface area (Å²) in [5.41, 5.74) is 2.38. The fourth-order valence-corrected chi connectivity index (χ4v) is 1.96. The van der Waals surface area contributed by atoms with Crippen LogP contribution in [-0.4, -0.2) is 25.2 Å². The molecule has 1 aromatic carbocycles. The minimum Gasteiger partial charge on any atom is -0.497 e. The van der Waals surface area contributed by atoms with Gasteiger partial charge in [0.15, 0.2) is 0 Å². The van der Waals surface area contributed by atoms with E-state index in [0.29, 0.717) is 0 Å². The highest BCUT2D eigenvalue weighted by Gasteiger charge is 1.97. The lowest BCUT2D eigenvalue weighted by atomic mass is 10.1. The third-order valence-corrected chi connectivity index (χ3v) is 3.02. The third-order valence-electron chi connectivity index (χ3n) is 3.02. The number of aromatic nitrogens is 1. The molecule has 106 valence electrons. The molecule has 0 saturated heterocycles. The molecule has 0 fully saturated rings. The van der Waals surface area contributed by atoms with Gasteiger partial charge < -0.3 is 15.4 Å². The summed E-state index contributed by atoms with van der Waals surface area (Å²) >= 11 is 0. The van der Waals surface area contributed by atoms with Gasteiger partial charge in [0.05, 0.1) is 7.11 Å².